The number of amides is 3. The summed E-state index contributed by atoms with van der Waals surface area (Å²) in [5.74, 6) is 0.890. The summed E-state index contributed by atoms with van der Waals surface area (Å²) in [5.41, 5.74) is 1.21. The Morgan fingerprint density at radius 1 is 1.22 bits per heavy atom. The normalized spacial score (nSPS) is 22.2. The number of benzene rings is 1. The Balaban J connectivity index is 1.49. The molecule has 1 atom stereocenters. The van der Waals surface area contributed by atoms with Gasteiger partial charge in [0.25, 0.3) is 0 Å². The average molecular weight is 317 g/mol. The number of carbonyl (C=O) groups excluding carboxylic acids is 2. The molecule has 2 fully saturated rings. The van der Waals surface area contributed by atoms with Crippen LogP contribution in [0.3, 0.4) is 0 Å². The summed E-state index contributed by atoms with van der Waals surface area (Å²) in [6.07, 6.45) is 1.77. The Morgan fingerprint density at radius 3 is 2.43 bits per heavy atom. The van der Waals surface area contributed by atoms with Crippen molar-refractivity contribution >= 4 is 11.9 Å². The highest BCUT2D eigenvalue weighted by Gasteiger charge is 2.35. The molecule has 0 radical (unpaired) electrons. The van der Waals surface area contributed by atoms with Crippen LogP contribution >= 0.6 is 0 Å². The van der Waals surface area contributed by atoms with Crippen molar-refractivity contribution in [3.05, 3.63) is 29.8 Å². The van der Waals surface area contributed by atoms with Crippen LogP contribution in [0.5, 0.6) is 5.75 Å². The number of hydrogen-bond acceptors (Lipinski definition) is 3. The minimum atomic E-state index is -0.415. The SMILES string of the molecule is Cc1ccc(OC2CCN(C(=O)C3CN(C)C(=O)N3)CC2)cc1. The molecule has 2 aliphatic heterocycles. The molecule has 1 N–H and O–H groups in total. The van der Waals surface area contributed by atoms with Crippen LogP contribution in [0.25, 0.3) is 0 Å². The molecule has 2 aliphatic rings. The fourth-order valence-corrected chi connectivity index (χ4v) is 3.03. The topological polar surface area (TPSA) is 61.9 Å². The molecular weight excluding hydrogens is 294 g/mol. The zero-order valence-corrected chi connectivity index (χ0v) is 13.6. The Bertz CT molecular complexity index is 579. The van der Waals surface area contributed by atoms with E-state index in [4.69, 9.17) is 4.74 Å². The van der Waals surface area contributed by atoms with Crippen molar-refractivity contribution in [3.63, 3.8) is 0 Å². The molecule has 1 unspecified atom stereocenters. The molecule has 2 saturated heterocycles. The van der Waals surface area contributed by atoms with E-state index in [0.717, 1.165) is 18.6 Å². The maximum absolute atomic E-state index is 12.4. The molecule has 0 aromatic heterocycles. The van der Waals surface area contributed by atoms with Crippen LogP contribution in [0.4, 0.5) is 4.79 Å². The van der Waals surface area contributed by atoms with Crippen molar-refractivity contribution in [1.82, 2.24) is 15.1 Å². The first-order valence-corrected chi connectivity index (χ1v) is 8.06. The first-order chi connectivity index (χ1) is 11.0. The minimum absolute atomic E-state index is 0.0106. The lowest BCUT2D eigenvalue weighted by Crippen LogP contribution is -2.49. The largest absolute Gasteiger partial charge is 0.490 e. The zero-order chi connectivity index (χ0) is 16.4. The summed E-state index contributed by atoms with van der Waals surface area (Å²) in [5, 5.41) is 2.72. The second-order valence-corrected chi connectivity index (χ2v) is 6.34. The maximum Gasteiger partial charge on any atom is 0.317 e. The zero-order valence-electron chi connectivity index (χ0n) is 13.6. The molecule has 23 heavy (non-hydrogen) atoms. The van der Waals surface area contributed by atoms with Crippen molar-refractivity contribution in [2.75, 3.05) is 26.7 Å². The summed E-state index contributed by atoms with van der Waals surface area (Å²) in [6, 6.07) is 7.44. The number of carbonyl (C=O) groups is 2. The molecule has 0 saturated carbocycles. The van der Waals surface area contributed by atoms with Crippen LogP contribution < -0.4 is 10.1 Å². The van der Waals surface area contributed by atoms with Crippen molar-refractivity contribution in [3.8, 4) is 5.75 Å². The van der Waals surface area contributed by atoms with Gasteiger partial charge >= 0.3 is 6.03 Å². The molecule has 3 rings (SSSR count). The quantitative estimate of drug-likeness (QED) is 0.916. The van der Waals surface area contributed by atoms with Crippen LogP contribution in [-0.4, -0.2) is 60.6 Å². The van der Waals surface area contributed by atoms with Gasteiger partial charge in [-0.2, -0.15) is 0 Å². The van der Waals surface area contributed by atoms with Crippen LogP contribution in [0.1, 0.15) is 18.4 Å². The highest BCUT2D eigenvalue weighted by atomic mass is 16.5. The number of aryl methyl sites for hydroxylation is 1. The van der Waals surface area contributed by atoms with Gasteiger partial charge < -0.3 is 19.9 Å². The van der Waals surface area contributed by atoms with Crippen molar-refractivity contribution in [2.45, 2.75) is 31.9 Å². The molecule has 0 spiro atoms. The van der Waals surface area contributed by atoms with Gasteiger partial charge in [-0.25, -0.2) is 4.79 Å². The molecular formula is C17H23N3O3. The second kappa shape index (κ2) is 6.48. The number of nitrogens with one attached hydrogen (secondary N) is 1. The highest BCUT2D eigenvalue weighted by Crippen LogP contribution is 2.20. The van der Waals surface area contributed by atoms with Crippen molar-refractivity contribution in [1.29, 1.82) is 0 Å². The molecule has 6 nitrogen and oxygen atoms in total. The second-order valence-electron chi connectivity index (χ2n) is 6.34. The third kappa shape index (κ3) is 3.57. The van der Waals surface area contributed by atoms with E-state index >= 15 is 0 Å². The Labute approximate surface area is 136 Å². The van der Waals surface area contributed by atoms with Crippen LogP contribution in [-0.2, 0) is 4.79 Å². The average Bonchev–Trinajstić information content (AvgIpc) is 2.89. The Morgan fingerprint density at radius 2 is 1.87 bits per heavy atom. The van der Waals surface area contributed by atoms with Gasteiger partial charge in [-0.15, -0.1) is 0 Å². The lowest BCUT2D eigenvalue weighted by molar-refractivity contribution is -0.134. The van der Waals surface area contributed by atoms with E-state index < -0.39 is 6.04 Å². The highest BCUT2D eigenvalue weighted by molar-refractivity contribution is 5.90. The molecule has 2 heterocycles. The van der Waals surface area contributed by atoms with Gasteiger partial charge in [0, 0.05) is 33.0 Å². The smallest absolute Gasteiger partial charge is 0.317 e. The summed E-state index contributed by atoms with van der Waals surface area (Å²) in [4.78, 5) is 27.3. The predicted octanol–water partition coefficient (Wildman–Crippen LogP) is 1.39. The number of nitrogens with zero attached hydrogens (tertiary/aromatic N) is 2. The predicted molar refractivity (Wildman–Crippen MR) is 86.4 cm³/mol. The number of ether oxygens (including phenoxy) is 1. The number of rotatable bonds is 3. The van der Waals surface area contributed by atoms with E-state index in [9.17, 15) is 9.59 Å². The van der Waals surface area contributed by atoms with E-state index in [1.165, 1.54) is 10.5 Å². The van der Waals surface area contributed by atoms with E-state index in [0.29, 0.717) is 19.6 Å². The molecule has 0 bridgehead atoms. The standard InChI is InChI=1S/C17H23N3O3/c1-12-3-5-13(6-4-12)23-14-7-9-20(10-8-14)16(21)15-11-19(2)17(22)18-15/h3-6,14-15H,7-11H2,1-2H3,(H,18,22). The van der Waals surface area contributed by atoms with E-state index in [1.807, 2.05) is 36.1 Å². The van der Waals surface area contributed by atoms with E-state index in [1.54, 1.807) is 7.05 Å². The van der Waals surface area contributed by atoms with Gasteiger partial charge in [-0.05, 0) is 19.1 Å². The Kier molecular flexibility index (Phi) is 4.41. The third-order valence-electron chi connectivity index (χ3n) is 4.48. The van der Waals surface area contributed by atoms with Crippen LogP contribution in [0.2, 0.25) is 0 Å². The number of likely N-dealkylation sites (tertiary alicyclic amines) is 1. The van der Waals surface area contributed by atoms with E-state index in [2.05, 4.69) is 5.32 Å². The lowest BCUT2D eigenvalue weighted by atomic mass is 10.1. The fourth-order valence-electron chi connectivity index (χ4n) is 3.03. The molecule has 6 heteroatoms. The number of piperidine rings is 1. The molecule has 3 amide bonds. The molecule has 1 aromatic carbocycles. The Hall–Kier alpha value is -2.24. The fraction of sp³-hybridized carbons (Fsp3) is 0.529. The summed E-state index contributed by atoms with van der Waals surface area (Å²) in [7, 11) is 1.70. The summed E-state index contributed by atoms with van der Waals surface area (Å²) >= 11 is 0. The first kappa shape index (κ1) is 15.6. The van der Waals surface area contributed by atoms with E-state index in [-0.39, 0.29) is 18.0 Å². The number of likely N-dealkylation sites (N-methyl/N-ethyl adjacent to an activating group) is 1. The first-order valence-electron chi connectivity index (χ1n) is 8.06. The van der Waals surface area contributed by atoms with Gasteiger partial charge in [0.2, 0.25) is 5.91 Å². The minimum Gasteiger partial charge on any atom is -0.490 e. The van der Waals surface area contributed by atoms with Crippen molar-refractivity contribution < 1.29 is 14.3 Å². The number of urea groups is 1. The summed E-state index contributed by atoms with van der Waals surface area (Å²) < 4.78 is 5.98. The summed E-state index contributed by atoms with van der Waals surface area (Å²) in [6.45, 7) is 3.83. The van der Waals surface area contributed by atoms with Crippen LogP contribution in [0, 0.1) is 6.92 Å². The monoisotopic (exact) mass is 317 g/mol. The van der Waals surface area contributed by atoms with Gasteiger partial charge in [0.1, 0.15) is 17.9 Å². The number of hydrogen-bond donors (Lipinski definition) is 1. The van der Waals surface area contributed by atoms with Gasteiger partial charge in [-0.1, -0.05) is 17.7 Å². The van der Waals surface area contributed by atoms with Crippen LogP contribution in [0.15, 0.2) is 24.3 Å². The van der Waals surface area contributed by atoms with Gasteiger partial charge in [-0.3, -0.25) is 4.79 Å². The molecule has 1 aromatic rings. The van der Waals surface area contributed by atoms with Gasteiger partial charge in [0.05, 0.1) is 6.54 Å². The molecule has 124 valence electrons. The third-order valence-corrected chi connectivity index (χ3v) is 4.48. The van der Waals surface area contributed by atoms with Gasteiger partial charge in [0.15, 0.2) is 0 Å². The van der Waals surface area contributed by atoms with Crippen molar-refractivity contribution in [2.24, 2.45) is 0 Å². The maximum atomic E-state index is 12.4. The molecule has 0 aliphatic carbocycles. The lowest BCUT2D eigenvalue weighted by Gasteiger charge is -2.33.